The molecule has 0 bridgehead atoms. The molecule has 0 radical (unpaired) electrons. The molecule has 33 heavy (non-hydrogen) atoms. The number of halogens is 2. The summed E-state index contributed by atoms with van der Waals surface area (Å²) in [4.78, 5) is 43.9. The van der Waals surface area contributed by atoms with E-state index in [0.717, 1.165) is 28.4 Å². The van der Waals surface area contributed by atoms with Gasteiger partial charge < -0.3 is 9.84 Å². The Hall–Kier alpha value is -3.56. The van der Waals surface area contributed by atoms with Crippen molar-refractivity contribution in [3.05, 3.63) is 86.6 Å². The topological polar surface area (TPSA) is 96.8 Å². The molecule has 1 aromatic heterocycles. The molecular formula is C23H16ClFN2O5S. The van der Waals surface area contributed by atoms with Crippen molar-refractivity contribution < 1.29 is 28.6 Å². The molecule has 0 aliphatic carbocycles. The van der Waals surface area contributed by atoms with E-state index in [4.69, 9.17) is 16.3 Å². The third-order valence-electron chi connectivity index (χ3n) is 5.11. The van der Waals surface area contributed by atoms with Crippen molar-refractivity contribution in [3.8, 4) is 0 Å². The lowest BCUT2D eigenvalue weighted by molar-refractivity contribution is -0.132. The maximum Gasteiger partial charge on any atom is 0.350 e. The molecule has 1 fully saturated rings. The van der Waals surface area contributed by atoms with Crippen LogP contribution < -0.4 is 4.90 Å². The Bertz CT molecular complexity index is 1300. The van der Waals surface area contributed by atoms with Crippen LogP contribution in [0.5, 0.6) is 0 Å². The van der Waals surface area contributed by atoms with Crippen LogP contribution in [0.4, 0.5) is 9.52 Å². The molecule has 10 heteroatoms. The van der Waals surface area contributed by atoms with Crippen molar-refractivity contribution in [1.82, 2.24) is 4.98 Å². The summed E-state index contributed by atoms with van der Waals surface area (Å²) in [6.45, 7) is 1.58. The van der Waals surface area contributed by atoms with Gasteiger partial charge in [0.25, 0.3) is 5.78 Å². The average molecular weight is 487 g/mol. The number of aromatic nitrogens is 1. The van der Waals surface area contributed by atoms with Crippen molar-refractivity contribution >= 4 is 51.5 Å². The van der Waals surface area contributed by atoms with Crippen LogP contribution in [0.1, 0.15) is 32.5 Å². The Labute approximate surface area is 196 Å². The zero-order valence-electron chi connectivity index (χ0n) is 17.3. The van der Waals surface area contributed by atoms with Crippen LogP contribution >= 0.6 is 22.9 Å². The number of rotatable bonds is 4. The van der Waals surface area contributed by atoms with Crippen molar-refractivity contribution in [3.63, 3.8) is 0 Å². The summed E-state index contributed by atoms with van der Waals surface area (Å²) in [6, 6.07) is 10.2. The number of aliphatic hydroxyl groups excluding tert-OH is 1. The summed E-state index contributed by atoms with van der Waals surface area (Å²) in [7, 11) is 1.23. The standard InChI is InChI=1S/C23H16ClFN2O5S/c1-11-20(22(31)32-2)33-23(26-11)27-17(12-3-7-14(24)8-4-12)16(19(29)21(27)30)18(28)13-5-9-15(25)10-6-13/h3-10,17,28H,1-2H3/b18-16+. The first kappa shape index (κ1) is 22.6. The Morgan fingerprint density at radius 1 is 1.15 bits per heavy atom. The summed E-state index contributed by atoms with van der Waals surface area (Å²) in [6.07, 6.45) is 0. The number of Topliss-reactive ketones (excluding diaryl/α,β-unsaturated/α-hetero) is 1. The van der Waals surface area contributed by atoms with E-state index in [1.54, 1.807) is 31.2 Å². The monoisotopic (exact) mass is 486 g/mol. The Morgan fingerprint density at radius 3 is 2.39 bits per heavy atom. The highest BCUT2D eigenvalue weighted by molar-refractivity contribution is 7.17. The smallest absolute Gasteiger partial charge is 0.350 e. The first-order chi connectivity index (χ1) is 15.7. The molecule has 2 heterocycles. The van der Waals surface area contributed by atoms with E-state index in [1.165, 1.54) is 19.2 Å². The number of hydrogen-bond donors (Lipinski definition) is 1. The van der Waals surface area contributed by atoms with E-state index in [2.05, 4.69) is 4.98 Å². The van der Waals surface area contributed by atoms with E-state index < -0.39 is 35.3 Å². The fourth-order valence-electron chi connectivity index (χ4n) is 3.52. The van der Waals surface area contributed by atoms with Crippen LogP contribution in [0.2, 0.25) is 5.02 Å². The van der Waals surface area contributed by atoms with Gasteiger partial charge in [0.05, 0.1) is 24.4 Å². The van der Waals surface area contributed by atoms with Crippen LogP contribution in [0.15, 0.2) is 54.1 Å². The number of aliphatic hydroxyl groups is 1. The molecular weight excluding hydrogens is 471 g/mol. The third kappa shape index (κ3) is 4.01. The first-order valence-electron chi connectivity index (χ1n) is 9.61. The van der Waals surface area contributed by atoms with Crippen LogP contribution in [-0.4, -0.2) is 34.9 Å². The number of thiazole rings is 1. The van der Waals surface area contributed by atoms with Gasteiger partial charge in [-0.25, -0.2) is 14.2 Å². The number of ketones is 1. The fourth-order valence-corrected chi connectivity index (χ4v) is 4.66. The van der Waals surface area contributed by atoms with Gasteiger partial charge in [-0.2, -0.15) is 0 Å². The minimum Gasteiger partial charge on any atom is -0.507 e. The van der Waals surface area contributed by atoms with Crippen LogP contribution in [0, 0.1) is 12.7 Å². The van der Waals surface area contributed by atoms with Gasteiger partial charge in [0, 0.05) is 10.6 Å². The minimum absolute atomic E-state index is 0.0908. The number of aryl methyl sites for hydroxylation is 1. The maximum absolute atomic E-state index is 13.4. The molecule has 2 aromatic carbocycles. The number of nitrogens with zero attached hydrogens (tertiary/aromatic N) is 2. The highest BCUT2D eigenvalue weighted by Gasteiger charge is 2.48. The molecule has 1 unspecified atom stereocenters. The molecule has 4 rings (SSSR count). The Morgan fingerprint density at radius 2 is 1.79 bits per heavy atom. The summed E-state index contributed by atoms with van der Waals surface area (Å²) >= 11 is 6.90. The number of carbonyl (C=O) groups excluding carboxylic acids is 3. The number of anilines is 1. The van der Waals surface area contributed by atoms with Gasteiger partial charge in [0.1, 0.15) is 16.5 Å². The van der Waals surface area contributed by atoms with Crippen LogP contribution in [0.3, 0.4) is 0 Å². The van der Waals surface area contributed by atoms with Crippen LogP contribution in [-0.2, 0) is 14.3 Å². The van der Waals surface area contributed by atoms with Crippen molar-refractivity contribution in [2.24, 2.45) is 0 Å². The van der Waals surface area contributed by atoms with Crippen LogP contribution in [0.25, 0.3) is 5.76 Å². The zero-order valence-corrected chi connectivity index (χ0v) is 18.9. The molecule has 3 aromatic rings. The summed E-state index contributed by atoms with van der Waals surface area (Å²) < 4.78 is 18.1. The molecule has 168 valence electrons. The van der Waals surface area contributed by atoms with E-state index in [9.17, 15) is 23.9 Å². The molecule has 0 saturated carbocycles. The number of carbonyl (C=O) groups is 3. The average Bonchev–Trinajstić information content (AvgIpc) is 3.31. The van der Waals surface area contributed by atoms with Gasteiger partial charge >= 0.3 is 11.9 Å². The normalized spacial score (nSPS) is 17.5. The number of methoxy groups -OCH3 is 1. The molecule has 1 aliphatic heterocycles. The highest BCUT2D eigenvalue weighted by Crippen LogP contribution is 2.44. The molecule has 1 saturated heterocycles. The first-order valence-corrected chi connectivity index (χ1v) is 10.8. The van der Waals surface area contributed by atoms with Gasteiger partial charge in [-0.1, -0.05) is 35.1 Å². The Balaban J connectivity index is 1.93. The second-order valence-corrected chi connectivity index (χ2v) is 8.54. The largest absolute Gasteiger partial charge is 0.507 e. The molecule has 1 atom stereocenters. The number of esters is 1. The van der Waals surface area contributed by atoms with Gasteiger partial charge in [-0.05, 0) is 48.9 Å². The van der Waals surface area contributed by atoms with Gasteiger partial charge in [-0.3, -0.25) is 14.5 Å². The minimum atomic E-state index is -1.05. The van der Waals surface area contributed by atoms with Crippen molar-refractivity contribution in [2.45, 2.75) is 13.0 Å². The van der Waals surface area contributed by atoms with Crippen molar-refractivity contribution in [2.75, 3.05) is 12.0 Å². The highest BCUT2D eigenvalue weighted by atomic mass is 35.5. The quantitative estimate of drug-likeness (QED) is 0.249. The van der Waals surface area contributed by atoms with E-state index in [0.29, 0.717) is 16.3 Å². The lowest BCUT2D eigenvalue weighted by atomic mass is 9.95. The number of benzene rings is 2. The van der Waals surface area contributed by atoms with Gasteiger partial charge in [-0.15, -0.1) is 0 Å². The maximum atomic E-state index is 13.4. The molecule has 1 N–H and O–H groups in total. The lowest BCUT2D eigenvalue weighted by Crippen LogP contribution is -2.29. The summed E-state index contributed by atoms with van der Waals surface area (Å²) in [5.41, 5.74) is 0.784. The summed E-state index contributed by atoms with van der Waals surface area (Å²) in [5.74, 6) is -3.47. The van der Waals surface area contributed by atoms with E-state index >= 15 is 0 Å². The Kier molecular flexibility index (Phi) is 6.01. The predicted molar refractivity (Wildman–Crippen MR) is 121 cm³/mol. The number of hydrogen-bond acceptors (Lipinski definition) is 7. The summed E-state index contributed by atoms with van der Waals surface area (Å²) in [5, 5.41) is 11.5. The van der Waals surface area contributed by atoms with Crippen molar-refractivity contribution in [1.29, 1.82) is 0 Å². The SMILES string of the molecule is COC(=O)c1sc(N2C(=O)C(=O)/C(=C(/O)c3ccc(F)cc3)C2c2ccc(Cl)cc2)nc1C. The lowest BCUT2D eigenvalue weighted by Gasteiger charge is -2.23. The molecule has 0 spiro atoms. The zero-order chi connectivity index (χ0) is 23.9. The molecule has 1 aliphatic rings. The van der Waals surface area contributed by atoms with Gasteiger partial charge in [0.2, 0.25) is 0 Å². The fraction of sp³-hybridized carbons (Fsp3) is 0.130. The third-order valence-corrected chi connectivity index (χ3v) is 6.50. The van der Waals surface area contributed by atoms with E-state index in [1.807, 2.05) is 0 Å². The second kappa shape index (κ2) is 8.76. The number of amides is 1. The second-order valence-electron chi connectivity index (χ2n) is 7.13. The molecule has 7 nitrogen and oxygen atoms in total. The number of ether oxygens (including phenoxy) is 1. The molecule has 1 amide bonds. The van der Waals surface area contributed by atoms with Gasteiger partial charge in [0.15, 0.2) is 5.13 Å². The predicted octanol–water partition coefficient (Wildman–Crippen LogP) is 4.66. The van der Waals surface area contributed by atoms with E-state index in [-0.39, 0.29) is 21.1 Å².